The van der Waals surface area contributed by atoms with E-state index in [2.05, 4.69) is 0 Å². The Hall–Kier alpha value is -2.62. The molecule has 0 heterocycles. The molecule has 0 unspecified atom stereocenters. The molecular formula is C22H19F3O. The van der Waals surface area contributed by atoms with Gasteiger partial charge in [0, 0.05) is 5.56 Å². The quantitative estimate of drug-likeness (QED) is 0.443. The first kappa shape index (κ1) is 18.2. The van der Waals surface area contributed by atoms with Crippen LogP contribution in [0, 0.1) is 0 Å². The van der Waals surface area contributed by atoms with Crippen LogP contribution in [0.4, 0.5) is 13.2 Å². The zero-order chi connectivity index (χ0) is 18.6. The maximum absolute atomic E-state index is 13.5. The van der Waals surface area contributed by atoms with Crippen LogP contribution in [-0.4, -0.2) is 6.29 Å². The van der Waals surface area contributed by atoms with Gasteiger partial charge in [-0.2, -0.15) is 13.2 Å². The monoisotopic (exact) mass is 356 g/mol. The van der Waals surface area contributed by atoms with E-state index in [1.54, 1.807) is 48.6 Å². The molecule has 1 nitrogen and oxygen atoms in total. The summed E-state index contributed by atoms with van der Waals surface area (Å²) < 4.78 is 40.6. The predicted molar refractivity (Wildman–Crippen MR) is 98.6 cm³/mol. The van der Waals surface area contributed by atoms with Crippen molar-refractivity contribution in [2.45, 2.75) is 31.9 Å². The smallest absolute Gasteiger partial charge is 0.298 e. The molecule has 3 rings (SSSR count). The fourth-order valence-electron chi connectivity index (χ4n) is 3.14. The summed E-state index contributed by atoms with van der Waals surface area (Å²) >= 11 is 0. The Labute approximate surface area is 150 Å². The van der Waals surface area contributed by atoms with Gasteiger partial charge in [-0.3, -0.25) is 4.79 Å². The highest BCUT2D eigenvalue weighted by atomic mass is 19.4. The normalized spacial score (nSPS) is 15.1. The molecule has 0 radical (unpaired) electrons. The molecule has 0 spiro atoms. The highest BCUT2D eigenvalue weighted by Gasteiger charge is 2.34. The van der Waals surface area contributed by atoms with Crippen molar-refractivity contribution in [1.29, 1.82) is 0 Å². The third-order valence-corrected chi connectivity index (χ3v) is 4.53. The summed E-state index contributed by atoms with van der Waals surface area (Å²) in [5, 5.41) is 0. The molecule has 2 aromatic rings. The van der Waals surface area contributed by atoms with Gasteiger partial charge in [0.05, 0.1) is 5.56 Å². The van der Waals surface area contributed by atoms with Gasteiger partial charge < -0.3 is 0 Å². The fraction of sp³-hybridized carbons (Fsp3) is 0.227. The third kappa shape index (κ3) is 4.31. The Morgan fingerprint density at radius 3 is 2.12 bits per heavy atom. The zero-order valence-corrected chi connectivity index (χ0v) is 14.2. The molecule has 4 heteroatoms. The summed E-state index contributed by atoms with van der Waals surface area (Å²) in [6.07, 6.45) is 5.19. The largest absolute Gasteiger partial charge is 0.417 e. The average Bonchev–Trinajstić information content (AvgIpc) is 2.66. The minimum atomic E-state index is -4.39. The van der Waals surface area contributed by atoms with Gasteiger partial charge in [-0.15, -0.1) is 0 Å². The Balaban J connectivity index is 1.92. The van der Waals surface area contributed by atoms with Gasteiger partial charge in [-0.25, -0.2) is 0 Å². The molecule has 0 aliphatic heterocycles. The van der Waals surface area contributed by atoms with E-state index in [0.29, 0.717) is 23.1 Å². The molecule has 26 heavy (non-hydrogen) atoms. The topological polar surface area (TPSA) is 17.1 Å². The minimum absolute atomic E-state index is 0.296. The SMILES string of the molecule is O=Cc1ccc(/C=C/c2ccc(C3=CCCCC3)c(C(F)(F)F)c2)cc1. The van der Waals surface area contributed by atoms with Gasteiger partial charge >= 0.3 is 6.18 Å². The standard InChI is InChI=1S/C22H19F3O/c23-22(24,25)21-14-17(9-6-16-7-10-18(15-26)11-8-16)12-13-20(21)19-4-2-1-3-5-19/h4,6-15H,1-3,5H2/b9-6+. The van der Waals surface area contributed by atoms with E-state index in [-0.39, 0.29) is 0 Å². The summed E-state index contributed by atoms with van der Waals surface area (Å²) in [5.74, 6) is 0. The van der Waals surface area contributed by atoms with E-state index in [1.807, 2.05) is 6.08 Å². The van der Waals surface area contributed by atoms with Crippen molar-refractivity contribution in [3.63, 3.8) is 0 Å². The predicted octanol–water partition coefficient (Wildman–Crippen LogP) is 6.65. The highest BCUT2D eigenvalue weighted by molar-refractivity contribution is 5.77. The van der Waals surface area contributed by atoms with E-state index >= 15 is 0 Å². The molecule has 0 saturated heterocycles. The van der Waals surface area contributed by atoms with Crippen LogP contribution in [0.25, 0.3) is 17.7 Å². The van der Waals surface area contributed by atoms with E-state index in [4.69, 9.17) is 0 Å². The summed E-state index contributed by atoms with van der Waals surface area (Å²) in [6, 6.07) is 11.4. The Morgan fingerprint density at radius 2 is 1.50 bits per heavy atom. The number of carbonyl (C=O) groups excluding carboxylic acids is 1. The van der Waals surface area contributed by atoms with E-state index in [1.165, 1.54) is 6.07 Å². The van der Waals surface area contributed by atoms with Crippen LogP contribution in [0.1, 0.15) is 58.3 Å². The van der Waals surface area contributed by atoms with Crippen LogP contribution in [-0.2, 0) is 6.18 Å². The van der Waals surface area contributed by atoms with Crippen molar-refractivity contribution in [2.75, 3.05) is 0 Å². The first-order valence-corrected chi connectivity index (χ1v) is 8.61. The van der Waals surface area contributed by atoms with Crippen molar-refractivity contribution >= 4 is 24.0 Å². The molecule has 0 N–H and O–H groups in total. The van der Waals surface area contributed by atoms with Crippen LogP contribution in [0.2, 0.25) is 0 Å². The number of aldehydes is 1. The lowest BCUT2D eigenvalue weighted by Crippen LogP contribution is -2.10. The third-order valence-electron chi connectivity index (χ3n) is 4.53. The number of carbonyl (C=O) groups is 1. The number of alkyl halides is 3. The van der Waals surface area contributed by atoms with Gasteiger partial charge in [0.25, 0.3) is 0 Å². The first-order valence-electron chi connectivity index (χ1n) is 8.61. The van der Waals surface area contributed by atoms with E-state index in [9.17, 15) is 18.0 Å². The molecule has 0 bridgehead atoms. The van der Waals surface area contributed by atoms with Crippen LogP contribution >= 0.6 is 0 Å². The molecule has 134 valence electrons. The van der Waals surface area contributed by atoms with Crippen molar-refractivity contribution < 1.29 is 18.0 Å². The summed E-state index contributed by atoms with van der Waals surface area (Å²) in [6.45, 7) is 0. The highest BCUT2D eigenvalue weighted by Crippen LogP contribution is 2.38. The number of hydrogen-bond donors (Lipinski definition) is 0. The molecule has 0 amide bonds. The molecule has 0 saturated carbocycles. The summed E-state index contributed by atoms with van der Waals surface area (Å²) in [4.78, 5) is 10.7. The van der Waals surface area contributed by atoms with Crippen LogP contribution in [0.3, 0.4) is 0 Å². The Kier molecular flexibility index (Phi) is 5.40. The molecule has 0 fully saturated rings. The second-order valence-corrected chi connectivity index (χ2v) is 6.40. The van der Waals surface area contributed by atoms with Gasteiger partial charge in [0.2, 0.25) is 0 Å². The molecule has 2 aromatic carbocycles. The van der Waals surface area contributed by atoms with Crippen molar-refractivity contribution in [3.8, 4) is 0 Å². The number of allylic oxidation sites excluding steroid dienone is 2. The lowest BCUT2D eigenvalue weighted by atomic mass is 9.89. The second kappa shape index (κ2) is 7.73. The minimum Gasteiger partial charge on any atom is -0.298 e. The summed E-state index contributed by atoms with van der Waals surface area (Å²) in [5.41, 5.74) is 2.39. The Bertz CT molecular complexity index is 843. The fourth-order valence-corrected chi connectivity index (χ4v) is 3.14. The molecule has 1 aliphatic rings. The van der Waals surface area contributed by atoms with Gasteiger partial charge in [-0.05, 0) is 54.0 Å². The number of halogens is 3. The summed E-state index contributed by atoms with van der Waals surface area (Å²) in [7, 11) is 0. The molecule has 1 aliphatic carbocycles. The molecular weight excluding hydrogens is 337 g/mol. The lowest BCUT2D eigenvalue weighted by Gasteiger charge is -2.19. The first-order chi connectivity index (χ1) is 12.5. The van der Waals surface area contributed by atoms with Crippen molar-refractivity contribution in [2.24, 2.45) is 0 Å². The lowest BCUT2D eigenvalue weighted by molar-refractivity contribution is -0.137. The Morgan fingerprint density at radius 1 is 0.846 bits per heavy atom. The van der Waals surface area contributed by atoms with Gasteiger partial charge in [-0.1, -0.05) is 54.6 Å². The average molecular weight is 356 g/mol. The maximum Gasteiger partial charge on any atom is 0.417 e. The number of benzene rings is 2. The number of rotatable bonds is 4. The molecule has 0 atom stereocenters. The number of hydrogen-bond acceptors (Lipinski definition) is 1. The maximum atomic E-state index is 13.5. The van der Waals surface area contributed by atoms with Crippen molar-refractivity contribution in [1.82, 2.24) is 0 Å². The van der Waals surface area contributed by atoms with Crippen molar-refractivity contribution in [3.05, 3.63) is 76.4 Å². The molecule has 0 aromatic heterocycles. The van der Waals surface area contributed by atoms with Crippen LogP contribution < -0.4 is 0 Å². The van der Waals surface area contributed by atoms with Crippen LogP contribution in [0.15, 0.2) is 48.5 Å². The van der Waals surface area contributed by atoms with Crippen LogP contribution in [0.5, 0.6) is 0 Å². The van der Waals surface area contributed by atoms with Gasteiger partial charge in [0.1, 0.15) is 6.29 Å². The van der Waals surface area contributed by atoms with E-state index < -0.39 is 11.7 Å². The van der Waals surface area contributed by atoms with E-state index in [0.717, 1.165) is 36.7 Å². The second-order valence-electron chi connectivity index (χ2n) is 6.40. The zero-order valence-electron chi connectivity index (χ0n) is 14.2. The van der Waals surface area contributed by atoms with Gasteiger partial charge in [0.15, 0.2) is 0 Å².